The highest BCUT2D eigenvalue weighted by atomic mass is 32.2. The predicted octanol–water partition coefficient (Wildman–Crippen LogP) is 2.61. The number of aromatic nitrogens is 1. The van der Waals surface area contributed by atoms with Gasteiger partial charge in [-0.3, -0.25) is 10.2 Å². The normalized spacial score (nSPS) is 12.1. The summed E-state index contributed by atoms with van der Waals surface area (Å²) in [6, 6.07) is 9.84. The van der Waals surface area contributed by atoms with Crippen LogP contribution in [0.4, 0.5) is 11.4 Å². The van der Waals surface area contributed by atoms with E-state index in [-0.39, 0.29) is 4.90 Å². The molecular weight excluding hydrogens is 386 g/mol. The summed E-state index contributed by atoms with van der Waals surface area (Å²) in [4.78, 5) is 15.4. The maximum absolute atomic E-state index is 11.8. The zero-order chi connectivity index (χ0) is 19.4. The van der Waals surface area contributed by atoms with Crippen LogP contribution in [-0.2, 0) is 14.8 Å². The van der Waals surface area contributed by atoms with Crippen molar-refractivity contribution in [2.45, 2.75) is 11.8 Å². The molecule has 0 aliphatic heterocycles. The molecule has 27 heavy (non-hydrogen) atoms. The van der Waals surface area contributed by atoms with Gasteiger partial charge in [0.1, 0.15) is 0 Å². The Morgan fingerprint density at radius 3 is 2.59 bits per heavy atom. The maximum atomic E-state index is 11.8. The number of benzene rings is 2. The molecule has 3 rings (SSSR count). The van der Waals surface area contributed by atoms with Crippen LogP contribution in [0.3, 0.4) is 0 Å². The summed E-state index contributed by atoms with van der Waals surface area (Å²) >= 11 is 1.46. The second-order valence-electron chi connectivity index (χ2n) is 5.49. The number of hydrogen-bond donors (Lipinski definition) is 3. The van der Waals surface area contributed by atoms with Gasteiger partial charge in [0.05, 0.1) is 37.7 Å². The van der Waals surface area contributed by atoms with Crippen LogP contribution < -0.4 is 15.5 Å². The summed E-state index contributed by atoms with van der Waals surface area (Å²) in [5.41, 5.74) is 8.17. The van der Waals surface area contributed by atoms with E-state index in [2.05, 4.69) is 25.6 Å². The molecule has 0 saturated heterocycles. The van der Waals surface area contributed by atoms with Crippen LogP contribution in [0.25, 0.3) is 10.2 Å². The Morgan fingerprint density at radius 1 is 1.19 bits per heavy atom. The molecule has 0 radical (unpaired) electrons. The molecule has 0 spiro atoms. The van der Waals surface area contributed by atoms with E-state index >= 15 is 0 Å². The summed E-state index contributed by atoms with van der Waals surface area (Å²) < 4.78 is 26.7. The van der Waals surface area contributed by atoms with Crippen LogP contribution in [0.15, 0.2) is 51.9 Å². The summed E-state index contributed by atoms with van der Waals surface area (Å²) in [5, 5.41) is 7.06. The number of amides is 1. The Labute approximate surface area is 160 Å². The molecular formula is C17H17N5O3S2. The number of nitrogens with one attached hydrogen (secondary N) is 3. The lowest BCUT2D eigenvalue weighted by Crippen LogP contribution is -2.18. The van der Waals surface area contributed by atoms with Crippen LogP contribution >= 0.6 is 11.3 Å². The molecule has 0 atom stereocenters. The molecule has 140 valence electrons. The lowest BCUT2D eigenvalue weighted by molar-refractivity contribution is -0.105. The number of hydrogen-bond acceptors (Lipinski definition) is 7. The molecule has 1 aromatic heterocycles. The minimum atomic E-state index is -3.48. The number of sulfonamides is 1. The van der Waals surface area contributed by atoms with Crippen molar-refractivity contribution in [3.8, 4) is 0 Å². The number of carbonyl (C=O) groups is 1. The van der Waals surface area contributed by atoms with E-state index in [1.165, 1.54) is 30.5 Å². The Kier molecular flexibility index (Phi) is 5.49. The minimum absolute atomic E-state index is 0.170. The van der Waals surface area contributed by atoms with E-state index in [9.17, 15) is 13.2 Å². The quantitative estimate of drug-likeness (QED) is 0.319. The number of rotatable bonds is 7. The first-order valence-corrected chi connectivity index (χ1v) is 10.2. The smallest absolute Gasteiger partial charge is 0.240 e. The molecule has 3 aromatic rings. The lowest BCUT2D eigenvalue weighted by atomic mass is 10.1. The van der Waals surface area contributed by atoms with E-state index in [1.54, 1.807) is 23.7 Å². The molecule has 0 bridgehead atoms. The van der Waals surface area contributed by atoms with E-state index < -0.39 is 10.0 Å². The Hall–Kier alpha value is -2.82. The summed E-state index contributed by atoms with van der Waals surface area (Å²) in [6.07, 6.45) is 0.618. The van der Waals surface area contributed by atoms with Crippen molar-refractivity contribution >= 4 is 55.1 Å². The number of hydrazone groups is 1. The number of nitrogens with zero attached hydrogens (tertiary/aromatic N) is 2. The molecule has 2 aromatic carbocycles. The third-order valence-corrected chi connectivity index (χ3v) is 6.15. The molecule has 1 heterocycles. The van der Waals surface area contributed by atoms with Crippen molar-refractivity contribution in [3.05, 3.63) is 47.5 Å². The molecule has 1 amide bonds. The van der Waals surface area contributed by atoms with Gasteiger partial charge in [-0.25, -0.2) is 18.1 Å². The molecule has 0 aliphatic rings. The highest BCUT2D eigenvalue weighted by Gasteiger charge is 2.13. The van der Waals surface area contributed by atoms with Gasteiger partial charge in [0.2, 0.25) is 16.4 Å². The number of fused-ring (bicyclic) bond motifs is 1. The standard InChI is InChI=1S/C17H17N5O3S2/c1-11(16-14(19-9-23)7-8-15-17(16)26-10-20-15)21-22-12-3-5-13(6-4-12)27(24,25)18-2/h3-10,18,22H,1-2H3,(H,19,23)/b21-11+. The van der Waals surface area contributed by atoms with Gasteiger partial charge in [0.25, 0.3) is 0 Å². The minimum Gasteiger partial charge on any atom is -0.328 e. The number of thiazole rings is 1. The fourth-order valence-electron chi connectivity index (χ4n) is 2.50. The van der Waals surface area contributed by atoms with Gasteiger partial charge in [-0.1, -0.05) is 0 Å². The lowest BCUT2D eigenvalue weighted by Gasteiger charge is -2.10. The summed E-state index contributed by atoms with van der Waals surface area (Å²) in [6.45, 7) is 1.82. The predicted molar refractivity (Wildman–Crippen MR) is 108 cm³/mol. The first-order chi connectivity index (χ1) is 13.0. The highest BCUT2D eigenvalue weighted by molar-refractivity contribution is 7.89. The molecule has 0 saturated carbocycles. The molecule has 10 heteroatoms. The van der Waals surface area contributed by atoms with Gasteiger partial charge < -0.3 is 5.32 Å². The van der Waals surface area contributed by atoms with Crippen LogP contribution in [0, 0.1) is 0 Å². The van der Waals surface area contributed by atoms with Crippen molar-refractivity contribution in [2.75, 3.05) is 17.8 Å². The third-order valence-electron chi connectivity index (χ3n) is 3.86. The number of carbonyl (C=O) groups excluding carboxylic acids is 1. The Bertz CT molecular complexity index is 1110. The SMILES string of the molecule is CNS(=O)(=O)c1ccc(N/N=C(\C)c2c(NC=O)ccc3ncsc23)cc1. The van der Waals surface area contributed by atoms with Gasteiger partial charge in [0, 0.05) is 5.56 Å². The van der Waals surface area contributed by atoms with E-state index in [4.69, 9.17) is 0 Å². The molecule has 8 nitrogen and oxygen atoms in total. The summed E-state index contributed by atoms with van der Waals surface area (Å²) in [7, 11) is -2.12. The van der Waals surface area contributed by atoms with Crippen molar-refractivity contribution in [1.29, 1.82) is 0 Å². The summed E-state index contributed by atoms with van der Waals surface area (Å²) in [5.74, 6) is 0. The van der Waals surface area contributed by atoms with Crippen molar-refractivity contribution in [3.63, 3.8) is 0 Å². The van der Waals surface area contributed by atoms with Crippen molar-refractivity contribution < 1.29 is 13.2 Å². The van der Waals surface area contributed by atoms with Crippen LogP contribution in [0.2, 0.25) is 0 Å². The fraction of sp³-hybridized carbons (Fsp3) is 0.118. The van der Waals surface area contributed by atoms with Gasteiger partial charge >= 0.3 is 0 Å². The zero-order valence-corrected chi connectivity index (χ0v) is 16.2. The van der Waals surface area contributed by atoms with Gasteiger partial charge in [0.15, 0.2) is 0 Å². The Balaban J connectivity index is 1.90. The van der Waals surface area contributed by atoms with Crippen LogP contribution in [0.1, 0.15) is 12.5 Å². The highest BCUT2D eigenvalue weighted by Crippen LogP contribution is 2.29. The topological polar surface area (TPSA) is 113 Å². The molecule has 0 unspecified atom stereocenters. The largest absolute Gasteiger partial charge is 0.328 e. The first-order valence-electron chi connectivity index (χ1n) is 7.87. The van der Waals surface area contributed by atoms with E-state index in [0.717, 1.165) is 15.8 Å². The Morgan fingerprint density at radius 2 is 1.93 bits per heavy atom. The first kappa shape index (κ1) is 19.0. The third kappa shape index (κ3) is 3.97. The van der Waals surface area contributed by atoms with Gasteiger partial charge in [-0.05, 0) is 50.4 Å². The van der Waals surface area contributed by atoms with E-state index in [1.807, 2.05) is 13.0 Å². The second kappa shape index (κ2) is 7.82. The molecule has 3 N–H and O–H groups in total. The second-order valence-corrected chi connectivity index (χ2v) is 8.23. The van der Waals surface area contributed by atoms with Gasteiger partial charge in [-0.15, -0.1) is 11.3 Å². The van der Waals surface area contributed by atoms with Crippen molar-refractivity contribution in [2.24, 2.45) is 5.10 Å². The van der Waals surface area contributed by atoms with Crippen LogP contribution in [-0.4, -0.2) is 32.6 Å². The molecule has 0 fully saturated rings. The van der Waals surface area contributed by atoms with Crippen molar-refractivity contribution in [1.82, 2.24) is 9.71 Å². The van der Waals surface area contributed by atoms with E-state index in [0.29, 0.717) is 23.5 Å². The average Bonchev–Trinajstić information content (AvgIpc) is 3.15. The maximum Gasteiger partial charge on any atom is 0.240 e. The van der Waals surface area contributed by atoms with Gasteiger partial charge in [-0.2, -0.15) is 5.10 Å². The molecule has 0 aliphatic carbocycles. The average molecular weight is 403 g/mol. The number of anilines is 2. The zero-order valence-electron chi connectivity index (χ0n) is 14.6. The van der Waals surface area contributed by atoms with Crippen LogP contribution in [0.5, 0.6) is 0 Å². The monoisotopic (exact) mass is 403 g/mol. The fourth-order valence-corrected chi connectivity index (χ4v) is 4.12.